The third kappa shape index (κ3) is 3.43. The number of fused-ring (bicyclic) bond motifs is 2. The number of benzene rings is 2. The molecule has 0 aliphatic carbocycles. The van der Waals surface area contributed by atoms with Crippen molar-refractivity contribution >= 4 is 42.2 Å². The number of aryl methyl sites for hydroxylation is 2. The first-order valence-corrected chi connectivity index (χ1v) is 10.7. The van der Waals surface area contributed by atoms with E-state index in [4.69, 9.17) is 0 Å². The van der Waals surface area contributed by atoms with Crippen LogP contribution < -0.4 is 15.1 Å². The van der Waals surface area contributed by atoms with Gasteiger partial charge in [0.25, 0.3) is 0 Å². The monoisotopic (exact) mass is 412 g/mol. The third-order valence-corrected chi connectivity index (χ3v) is 7.00. The minimum atomic E-state index is -0.147. The Bertz CT molecular complexity index is 974. The summed E-state index contributed by atoms with van der Waals surface area (Å²) in [4.78, 5) is 21.9. The van der Waals surface area contributed by atoms with Gasteiger partial charge in [-0.25, -0.2) is 0 Å². The fourth-order valence-electron chi connectivity index (χ4n) is 2.93. The molecule has 0 radical (unpaired) electrons. The fraction of sp³-hybridized carbons (Fsp3) is 0.250. The SMILES string of the molecule is Cc1cc2nc3c(nc2cc1C)C(=O)NC(C[Se]c1ccccc1)CN3. The van der Waals surface area contributed by atoms with Gasteiger partial charge in [-0.3, -0.25) is 0 Å². The summed E-state index contributed by atoms with van der Waals surface area (Å²) in [5.74, 6) is 0.430. The normalized spacial score (nSPS) is 16.5. The van der Waals surface area contributed by atoms with E-state index in [1.807, 2.05) is 25.1 Å². The molecule has 0 saturated heterocycles. The molecule has 2 N–H and O–H groups in total. The molecule has 132 valence electrons. The van der Waals surface area contributed by atoms with Crippen molar-refractivity contribution in [2.24, 2.45) is 0 Å². The van der Waals surface area contributed by atoms with Crippen LogP contribution >= 0.6 is 0 Å². The van der Waals surface area contributed by atoms with Crippen molar-refractivity contribution in [2.45, 2.75) is 25.2 Å². The zero-order chi connectivity index (χ0) is 18.1. The molecule has 0 spiro atoms. The van der Waals surface area contributed by atoms with Gasteiger partial charge < -0.3 is 0 Å². The second-order valence-corrected chi connectivity index (χ2v) is 8.82. The summed E-state index contributed by atoms with van der Waals surface area (Å²) in [6.07, 6.45) is 0. The Morgan fingerprint density at radius 2 is 1.77 bits per heavy atom. The Labute approximate surface area is 158 Å². The molecule has 5 nitrogen and oxygen atoms in total. The van der Waals surface area contributed by atoms with Crippen molar-refractivity contribution in [3.8, 4) is 0 Å². The molecule has 1 aliphatic rings. The summed E-state index contributed by atoms with van der Waals surface area (Å²) >= 11 is 0.317. The summed E-state index contributed by atoms with van der Waals surface area (Å²) in [6, 6.07) is 14.5. The van der Waals surface area contributed by atoms with Crippen molar-refractivity contribution in [3.05, 3.63) is 59.3 Å². The summed E-state index contributed by atoms with van der Waals surface area (Å²) in [5, 5.41) is 7.36. The first-order chi connectivity index (χ1) is 12.6. The van der Waals surface area contributed by atoms with Crippen LogP contribution in [0, 0.1) is 13.8 Å². The van der Waals surface area contributed by atoms with Crippen LogP contribution in [0.25, 0.3) is 11.0 Å². The van der Waals surface area contributed by atoms with Crippen molar-refractivity contribution in [2.75, 3.05) is 11.9 Å². The number of aromatic nitrogens is 2. The van der Waals surface area contributed by atoms with Crippen LogP contribution in [-0.2, 0) is 0 Å². The molecule has 2 aromatic carbocycles. The second-order valence-electron chi connectivity index (χ2n) is 6.52. The van der Waals surface area contributed by atoms with Crippen LogP contribution in [0.5, 0.6) is 0 Å². The van der Waals surface area contributed by atoms with Crippen LogP contribution in [0.15, 0.2) is 42.5 Å². The van der Waals surface area contributed by atoms with E-state index in [-0.39, 0.29) is 11.9 Å². The Hall–Kier alpha value is -2.43. The van der Waals surface area contributed by atoms with Crippen molar-refractivity contribution in [3.63, 3.8) is 0 Å². The van der Waals surface area contributed by atoms with Gasteiger partial charge in [0, 0.05) is 0 Å². The van der Waals surface area contributed by atoms with Gasteiger partial charge in [-0.05, 0) is 0 Å². The van der Waals surface area contributed by atoms with E-state index < -0.39 is 0 Å². The summed E-state index contributed by atoms with van der Waals surface area (Å²) in [7, 11) is 0. The number of carbonyl (C=O) groups is 1. The standard InChI is InChI=1S/C20H20N4OSe/c1-12-8-16-17(9-13(12)2)24-19-18(23-16)20(25)22-14(10-21-19)11-26-15-6-4-3-5-7-15/h3-9,14H,10-11H2,1-2H3,(H,21,24)(H,22,25). The maximum atomic E-state index is 12.7. The van der Waals surface area contributed by atoms with Crippen molar-refractivity contribution in [1.29, 1.82) is 0 Å². The van der Waals surface area contributed by atoms with E-state index in [0.29, 0.717) is 33.0 Å². The number of hydrogen-bond acceptors (Lipinski definition) is 4. The van der Waals surface area contributed by atoms with Crippen molar-refractivity contribution in [1.82, 2.24) is 15.3 Å². The molecule has 0 saturated carbocycles. The Balaban J connectivity index is 1.57. The summed E-state index contributed by atoms with van der Waals surface area (Å²) in [6.45, 7) is 4.77. The van der Waals surface area contributed by atoms with Gasteiger partial charge in [-0.15, -0.1) is 0 Å². The molecular formula is C20H20N4OSe. The van der Waals surface area contributed by atoms with Crippen LogP contribution in [-0.4, -0.2) is 43.4 Å². The van der Waals surface area contributed by atoms with Crippen LogP contribution in [0.3, 0.4) is 0 Å². The van der Waals surface area contributed by atoms with E-state index >= 15 is 0 Å². The molecule has 2 heterocycles. The van der Waals surface area contributed by atoms with E-state index in [1.165, 1.54) is 10.0 Å². The predicted molar refractivity (Wildman–Crippen MR) is 105 cm³/mol. The van der Waals surface area contributed by atoms with E-state index in [1.54, 1.807) is 0 Å². The Morgan fingerprint density at radius 3 is 2.50 bits per heavy atom. The van der Waals surface area contributed by atoms with E-state index in [9.17, 15) is 4.79 Å². The second kappa shape index (κ2) is 7.06. The molecule has 1 atom stereocenters. The first kappa shape index (κ1) is 17.0. The molecule has 26 heavy (non-hydrogen) atoms. The van der Waals surface area contributed by atoms with Crippen LogP contribution in [0.2, 0.25) is 5.32 Å². The fourth-order valence-corrected chi connectivity index (χ4v) is 4.91. The van der Waals surface area contributed by atoms with Gasteiger partial charge in [0.1, 0.15) is 0 Å². The topological polar surface area (TPSA) is 66.9 Å². The van der Waals surface area contributed by atoms with Crippen molar-refractivity contribution < 1.29 is 4.79 Å². The number of nitrogens with zero attached hydrogens (tertiary/aromatic N) is 2. The number of hydrogen-bond donors (Lipinski definition) is 2. The summed E-state index contributed by atoms with van der Waals surface area (Å²) < 4.78 is 1.34. The molecule has 3 aromatic rings. The average Bonchev–Trinajstić information content (AvgIpc) is 2.79. The molecular weight excluding hydrogens is 391 g/mol. The molecule has 0 bridgehead atoms. The number of anilines is 1. The Morgan fingerprint density at radius 1 is 1.08 bits per heavy atom. The van der Waals surface area contributed by atoms with Crippen LogP contribution in [0.1, 0.15) is 21.6 Å². The molecule has 1 unspecified atom stereocenters. The maximum absolute atomic E-state index is 12.7. The molecule has 1 aliphatic heterocycles. The number of amides is 1. The molecule has 1 amide bonds. The van der Waals surface area contributed by atoms with Gasteiger partial charge >= 0.3 is 159 Å². The molecule has 1 aromatic heterocycles. The van der Waals surface area contributed by atoms with Gasteiger partial charge in [0.15, 0.2) is 0 Å². The zero-order valence-electron chi connectivity index (χ0n) is 14.7. The van der Waals surface area contributed by atoms with Gasteiger partial charge in [-0.1, -0.05) is 0 Å². The number of rotatable bonds is 3. The van der Waals surface area contributed by atoms with E-state index in [0.717, 1.165) is 21.9 Å². The van der Waals surface area contributed by atoms with Gasteiger partial charge in [0.05, 0.1) is 0 Å². The minimum absolute atomic E-state index is 0.0743. The molecule has 6 heteroatoms. The molecule has 4 rings (SSSR count). The van der Waals surface area contributed by atoms with Crippen LogP contribution in [0.4, 0.5) is 5.82 Å². The van der Waals surface area contributed by atoms with E-state index in [2.05, 4.69) is 51.8 Å². The number of nitrogens with one attached hydrogen (secondary N) is 2. The molecule has 0 fully saturated rings. The predicted octanol–water partition coefficient (Wildman–Crippen LogP) is 2.22. The third-order valence-electron chi connectivity index (χ3n) is 4.54. The number of carbonyl (C=O) groups excluding carboxylic acids is 1. The summed E-state index contributed by atoms with van der Waals surface area (Å²) in [5.41, 5.74) is 4.29. The Kier molecular flexibility index (Phi) is 4.62. The van der Waals surface area contributed by atoms with Gasteiger partial charge in [0.2, 0.25) is 0 Å². The average molecular weight is 411 g/mol. The van der Waals surface area contributed by atoms with Gasteiger partial charge in [-0.2, -0.15) is 0 Å². The zero-order valence-corrected chi connectivity index (χ0v) is 16.5. The quantitative estimate of drug-likeness (QED) is 0.649. The first-order valence-electron chi connectivity index (χ1n) is 8.62.